The van der Waals surface area contributed by atoms with Gasteiger partial charge < -0.3 is 39.4 Å². The average molecular weight is 630 g/mol. The van der Waals surface area contributed by atoms with Gasteiger partial charge in [0.2, 0.25) is 0 Å². The maximum absolute atomic E-state index is 11.6. The van der Waals surface area contributed by atoms with Crippen LogP contribution in [0, 0.1) is 0 Å². The van der Waals surface area contributed by atoms with Gasteiger partial charge in [-0.05, 0) is 35.0 Å². The summed E-state index contributed by atoms with van der Waals surface area (Å²) in [5.74, 6) is -1.84. The molecule has 0 aliphatic rings. The van der Waals surface area contributed by atoms with Gasteiger partial charge in [0.05, 0.1) is 20.8 Å². The molecule has 0 saturated heterocycles. The van der Waals surface area contributed by atoms with Crippen molar-refractivity contribution in [3.8, 4) is 23.0 Å². The smallest absolute Gasteiger partial charge is 0.449 e. The van der Waals surface area contributed by atoms with Crippen molar-refractivity contribution in [2.24, 2.45) is 0 Å². The predicted molar refractivity (Wildman–Crippen MR) is 142 cm³/mol. The largest absolute Gasteiger partial charge is 0.511 e. The Morgan fingerprint density at radius 1 is 0.450 bits per heavy atom. The van der Waals surface area contributed by atoms with Gasteiger partial charge >= 0.3 is 24.6 Å². The number of rotatable bonds is 4. The zero-order chi connectivity index (χ0) is 29.2. The second-order valence-corrected chi connectivity index (χ2v) is 9.37. The molecule has 5 rings (SSSR count). The number of carboxylic acid groups (broad SMARTS) is 4. The van der Waals surface area contributed by atoms with Crippen LogP contribution in [0.15, 0.2) is 24.3 Å². The molecule has 0 heterocycles. The third-order valence-electron chi connectivity index (χ3n) is 5.82. The lowest BCUT2D eigenvalue weighted by molar-refractivity contribution is 0.141. The number of benzene rings is 5. The Morgan fingerprint density at radius 3 is 1.18 bits per heavy atom. The van der Waals surface area contributed by atoms with Crippen LogP contribution in [-0.4, -0.2) is 45.0 Å². The van der Waals surface area contributed by atoms with Crippen molar-refractivity contribution in [1.29, 1.82) is 0 Å². The van der Waals surface area contributed by atoms with Crippen LogP contribution in [0.1, 0.15) is 0 Å². The van der Waals surface area contributed by atoms with Gasteiger partial charge in [-0.3, -0.25) is 0 Å². The molecule has 0 radical (unpaired) electrons. The molecule has 0 unspecified atom stereocenters. The first-order valence-electron chi connectivity index (χ1n) is 10.4. The minimum Gasteiger partial charge on any atom is -0.449 e. The van der Waals surface area contributed by atoms with E-state index in [0.717, 1.165) is 0 Å². The lowest BCUT2D eigenvalue weighted by Gasteiger charge is -2.22. The molecular weight excluding hydrogens is 622 g/mol. The fourth-order valence-electron chi connectivity index (χ4n) is 4.64. The third kappa shape index (κ3) is 4.09. The summed E-state index contributed by atoms with van der Waals surface area (Å²) >= 11 is 26.1. The molecule has 5 aromatic rings. The minimum atomic E-state index is -1.83. The van der Waals surface area contributed by atoms with Crippen LogP contribution in [-0.2, 0) is 0 Å². The Labute approximate surface area is 239 Å². The number of hydrogen-bond donors (Lipinski definition) is 4. The molecule has 204 valence electrons. The molecule has 12 nitrogen and oxygen atoms in total. The topological polar surface area (TPSA) is 186 Å². The van der Waals surface area contributed by atoms with E-state index in [1.165, 1.54) is 24.3 Å². The van der Waals surface area contributed by atoms with Gasteiger partial charge in [-0.2, -0.15) is 0 Å². The molecule has 0 amide bonds. The Kier molecular flexibility index (Phi) is 6.59. The van der Waals surface area contributed by atoms with Crippen molar-refractivity contribution in [3.63, 3.8) is 0 Å². The summed E-state index contributed by atoms with van der Waals surface area (Å²) in [7, 11) is 0. The highest BCUT2D eigenvalue weighted by atomic mass is 35.5. The van der Waals surface area contributed by atoms with E-state index in [4.69, 9.17) is 65.4 Å². The van der Waals surface area contributed by atoms with E-state index < -0.39 is 46.2 Å². The van der Waals surface area contributed by atoms with Crippen LogP contribution in [0.5, 0.6) is 23.0 Å². The minimum absolute atomic E-state index is 0.0175. The quantitative estimate of drug-likeness (QED) is 0.0642. The summed E-state index contributed by atoms with van der Waals surface area (Å²) in [6, 6.07) is 5.12. The van der Waals surface area contributed by atoms with Crippen molar-refractivity contribution >= 4 is 114 Å². The molecule has 16 heteroatoms. The van der Waals surface area contributed by atoms with E-state index in [1.807, 2.05) is 0 Å². The molecule has 40 heavy (non-hydrogen) atoms. The molecule has 0 bridgehead atoms. The number of halogens is 4. The summed E-state index contributed by atoms with van der Waals surface area (Å²) in [5.41, 5.74) is 0. The number of hydrogen-bond acceptors (Lipinski definition) is 8. The zero-order valence-electron chi connectivity index (χ0n) is 18.9. The molecule has 4 N–H and O–H groups in total. The van der Waals surface area contributed by atoms with Crippen LogP contribution < -0.4 is 18.9 Å². The summed E-state index contributed by atoms with van der Waals surface area (Å²) < 4.78 is 19.5. The highest BCUT2D eigenvalue weighted by Crippen LogP contribution is 2.58. The maximum Gasteiger partial charge on any atom is 0.511 e. The lowest BCUT2D eigenvalue weighted by Crippen LogP contribution is -2.09. The first-order valence-corrected chi connectivity index (χ1v) is 11.9. The van der Waals surface area contributed by atoms with Crippen molar-refractivity contribution in [1.82, 2.24) is 0 Å². The molecule has 0 fully saturated rings. The van der Waals surface area contributed by atoms with Crippen LogP contribution in [0.2, 0.25) is 20.1 Å². The molecule has 5 aromatic carbocycles. The second-order valence-electron chi connectivity index (χ2n) is 7.86. The van der Waals surface area contributed by atoms with Crippen molar-refractivity contribution in [2.75, 3.05) is 0 Å². The van der Waals surface area contributed by atoms with Crippen molar-refractivity contribution < 1.29 is 58.6 Å². The molecule has 0 spiro atoms. The number of fused-ring (bicyclic) bond motifs is 2. The SMILES string of the molecule is O=C(O)Oc1ccc2c3c(Cl)c(Cl)c(OC(=O)O)c4c(OC(=O)O)c(Cl)c(Cl)c(c5ccc(OC(=O)O)c1c25)c43. The first-order chi connectivity index (χ1) is 18.8. The molecule has 0 atom stereocenters. The van der Waals surface area contributed by atoms with Crippen LogP contribution >= 0.6 is 46.4 Å². The van der Waals surface area contributed by atoms with E-state index in [2.05, 4.69) is 0 Å². The van der Waals surface area contributed by atoms with E-state index in [0.29, 0.717) is 0 Å². The van der Waals surface area contributed by atoms with Gasteiger partial charge in [0.15, 0.2) is 11.5 Å². The molecule has 0 aromatic heterocycles. The molecule has 0 aliphatic carbocycles. The van der Waals surface area contributed by atoms with Gasteiger partial charge in [-0.15, -0.1) is 0 Å². The van der Waals surface area contributed by atoms with Crippen molar-refractivity contribution in [2.45, 2.75) is 0 Å². The Bertz CT molecular complexity index is 1840. The Morgan fingerprint density at radius 2 is 0.825 bits per heavy atom. The highest BCUT2D eigenvalue weighted by Gasteiger charge is 2.32. The van der Waals surface area contributed by atoms with E-state index in [-0.39, 0.29) is 64.6 Å². The highest BCUT2D eigenvalue weighted by molar-refractivity contribution is 6.56. The normalized spacial score (nSPS) is 11.3. The standard InChI is InChI=1S/C24H8Cl4O12/c25-15-10-5-1-3-7(37-21(29)30)12-8(38-22(31)32)4-2-6(9(5)12)11-13(10)14(19(17(15)27)39-23(33)34)20(40-24(35)36)18(28)16(11)26/h1-4H,(H,29,30)(H,31,32)(H,33,34)(H,35,36). The summed E-state index contributed by atoms with van der Waals surface area (Å²) in [6.45, 7) is 0. The van der Waals surface area contributed by atoms with Gasteiger partial charge in [0.25, 0.3) is 0 Å². The van der Waals surface area contributed by atoms with Crippen molar-refractivity contribution in [3.05, 3.63) is 44.4 Å². The van der Waals surface area contributed by atoms with E-state index in [9.17, 15) is 39.6 Å². The van der Waals surface area contributed by atoms with Crippen LogP contribution in [0.3, 0.4) is 0 Å². The summed E-state index contributed by atoms with van der Waals surface area (Å²) in [6.07, 6.45) is -7.08. The predicted octanol–water partition coefficient (Wildman–Crippen LogP) is 8.58. The van der Waals surface area contributed by atoms with Gasteiger partial charge in [-0.1, -0.05) is 46.4 Å². The second kappa shape index (κ2) is 9.68. The monoisotopic (exact) mass is 628 g/mol. The maximum atomic E-state index is 11.6. The Hall–Kier alpha value is -4.36. The van der Waals surface area contributed by atoms with Crippen LogP contribution in [0.4, 0.5) is 19.2 Å². The Balaban J connectivity index is 2.16. The number of carbonyl (C=O) groups is 4. The average Bonchev–Trinajstić information content (AvgIpc) is 2.85. The van der Waals surface area contributed by atoms with E-state index in [1.54, 1.807) is 0 Å². The zero-order valence-corrected chi connectivity index (χ0v) is 21.9. The fraction of sp³-hybridized carbons (Fsp3) is 0. The van der Waals surface area contributed by atoms with Gasteiger partial charge in [0, 0.05) is 21.5 Å². The van der Waals surface area contributed by atoms with Gasteiger partial charge in [0.1, 0.15) is 21.5 Å². The summed E-state index contributed by atoms with van der Waals surface area (Å²) in [5, 5.41) is 36.0. The molecule has 0 saturated carbocycles. The summed E-state index contributed by atoms with van der Waals surface area (Å²) in [4.78, 5) is 45.9. The fourth-order valence-corrected chi connectivity index (χ4v) is 5.66. The first kappa shape index (κ1) is 27.2. The van der Waals surface area contributed by atoms with Crippen LogP contribution in [0.25, 0.3) is 43.1 Å². The number of ether oxygens (including phenoxy) is 4. The van der Waals surface area contributed by atoms with E-state index >= 15 is 0 Å². The molecular formula is C24H8Cl4O12. The lowest BCUT2D eigenvalue weighted by atomic mass is 9.88. The van der Waals surface area contributed by atoms with Gasteiger partial charge in [-0.25, -0.2) is 19.2 Å². The third-order valence-corrected chi connectivity index (χ3v) is 7.49. The molecule has 0 aliphatic heterocycles.